The number of hydrogen-bond acceptors (Lipinski definition) is 2. The Balaban J connectivity index is 2.56. The molecule has 0 saturated carbocycles. The number of aromatic nitrogens is 2. The van der Waals surface area contributed by atoms with Crippen molar-refractivity contribution in [2.75, 3.05) is 0 Å². The lowest BCUT2D eigenvalue weighted by Crippen LogP contribution is -2.24. The fraction of sp³-hybridized carbons (Fsp3) is 0.308. The van der Waals surface area contributed by atoms with E-state index in [0.29, 0.717) is 5.69 Å². The zero-order chi connectivity index (χ0) is 11.8. The average molecular weight is 216 g/mol. The van der Waals surface area contributed by atoms with Crippen LogP contribution in [0.4, 0.5) is 0 Å². The number of aryl methyl sites for hydroxylation is 1. The topological polar surface area (TPSA) is 48.9 Å². The van der Waals surface area contributed by atoms with Crippen LogP contribution < -0.4 is 0 Å². The summed E-state index contributed by atoms with van der Waals surface area (Å²) in [5.74, 6) is 0. The van der Waals surface area contributed by atoms with E-state index in [0.717, 1.165) is 11.1 Å². The molecule has 3 heteroatoms. The van der Waals surface area contributed by atoms with Crippen LogP contribution >= 0.6 is 0 Å². The van der Waals surface area contributed by atoms with Gasteiger partial charge in [0.15, 0.2) is 0 Å². The quantitative estimate of drug-likeness (QED) is 0.809. The van der Waals surface area contributed by atoms with E-state index in [1.165, 1.54) is 5.56 Å². The molecule has 0 aliphatic carbocycles. The van der Waals surface area contributed by atoms with Gasteiger partial charge in [-0.15, -0.1) is 0 Å². The van der Waals surface area contributed by atoms with Crippen LogP contribution in [0.1, 0.15) is 29.3 Å². The minimum Gasteiger partial charge on any atom is -0.379 e. The number of benzene rings is 1. The second-order valence-corrected chi connectivity index (χ2v) is 4.28. The third-order valence-corrected chi connectivity index (χ3v) is 3.15. The SMILES string of the molecule is Cc1cccc([C@@](C)(O)c2cnc[nH]2)c1C. The molecule has 2 N–H and O–H groups in total. The second kappa shape index (κ2) is 3.76. The van der Waals surface area contributed by atoms with Crippen molar-refractivity contribution in [3.8, 4) is 0 Å². The van der Waals surface area contributed by atoms with Gasteiger partial charge in [0.1, 0.15) is 5.60 Å². The highest BCUT2D eigenvalue weighted by molar-refractivity contribution is 5.40. The van der Waals surface area contributed by atoms with Gasteiger partial charge in [0.2, 0.25) is 0 Å². The van der Waals surface area contributed by atoms with Gasteiger partial charge in [-0.2, -0.15) is 0 Å². The van der Waals surface area contributed by atoms with Crippen LogP contribution in [0.2, 0.25) is 0 Å². The van der Waals surface area contributed by atoms with Crippen molar-refractivity contribution in [2.45, 2.75) is 26.4 Å². The van der Waals surface area contributed by atoms with Gasteiger partial charge in [-0.05, 0) is 37.5 Å². The highest BCUT2D eigenvalue weighted by atomic mass is 16.3. The van der Waals surface area contributed by atoms with E-state index < -0.39 is 5.60 Å². The maximum atomic E-state index is 10.6. The van der Waals surface area contributed by atoms with E-state index in [1.807, 2.05) is 32.0 Å². The number of rotatable bonds is 2. The molecule has 2 aromatic rings. The predicted molar refractivity (Wildman–Crippen MR) is 63.2 cm³/mol. The summed E-state index contributed by atoms with van der Waals surface area (Å²) in [4.78, 5) is 6.91. The van der Waals surface area contributed by atoms with Crippen molar-refractivity contribution < 1.29 is 5.11 Å². The first-order valence-electron chi connectivity index (χ1n) is 5.31. The van der Waals surface area contributed by atoms with Crippen molar-refractivity contribution in [3.63, 3.8) is 0 Å². The first kappa shape index (κ1) is 10.9. The van der Waals surface area contributed by atoms with E-state index in [4.69, 9.17) is 0 Å². The molecule has 3 nitrogen and oxygen atoms in total. The highest BCUT2D eigenvalue weighted by Crippen LogP contribution is 2.30. The normalized spacial score (nSPS) is 14.8. The number of aliphatic hydroxyl groups is 1. The zero-order valence-electron chi connectivity index (χ0n) is 9.78. The molecule has 0 unspecified atom stereocenters. The summed E-state index contributed by atoms with van der Waals surface area (Å²) in [5.41, 5.74) is 2.89. The summed E-state index contributed by atoms with van der Waals surface area (Å²) in [6.45, 7) is 5.85. The zero-order valence-corrected chi connectivity index (χ0v) is 9.78. The molecule has 16 heavy (non-hydrogen) atoms. The number of nitrogens with one attached hydrogen (secondary N) is 1. The van der Waals surface area contributed by atoms with Crippen molar-refractivity contribution in [1.29, 1.82) is 0 Å². The predicted octanol–water partition coefficient (Wildman–Crippen LogP) is 2.28. The maximum Gasteiger partial charge on any atom is 0.128 e. The van der Waals surface area contributed by atoms with E-state index in [9.17, 15) is 5.11 Å². The maximum absolute atomic E-state index is 10.6. The molecule has 0 fully saturated rings. The standard InChI is InChI=1S/C13H16N2O/c1-9-5-4-6-11(10(9)2)13(3,16)12-7-14-8-15-12/h4-8,16H,1-3H3,(H,14,15)/t13-/m1/s1. The molecule has 1 aromatic heterocycles. The summed E-state index contributed by atoms with van der Waals surface area (Å²) >= 11 is 0. The van der Waals surface area contributed by atoms with Crippen molar-refractivity contribution in [1.82, 2.24) is 9.97 Å². The Hall–Kier alpha value is -1.61. The van der Waals surface area contributed by atoms with Gasteiger partial charge in [-0.3, -0.25) is 0 Å². The Bertz CT molecular complexity index is 487. The minimum atomic E-state index is -1.02. The lowest BCUT2D eigenvalue weighted by molar-refractivity contribution is 0.0971. The first-order valence-corrected chi connectivity index (χ1v) is 5.31. The molecule has 0 aliphatic rings. The third kappa shape index (κ3) is 1.63. The molecule has 84 valence electrons. The fourth-order valence-corrected chi connectivity index (χ4v) is 1.95. The number of H-pyrrole nitrogens is 1. The summed E-state index contributed by atoms with van der Waals surface area (Å²) in [6, 6.07) is 5.95. The van der Waals surface area contributed by atoms with Gasteiger partial charge in [0.25, 0.3) is 0 Å². The van der Waals surface area contributed by atoms with Crippen molar-refractivity contribution >= 4 is 0 Å². The molecule has 1 heterocycles. The lowest BCUT2D eigenvalue weighted by atomic mass is 9.88. The van der Waals surface area contributed by atoms with Gasteiger partial charge >= 0.3 is 0 Å². The molecule has 1 aromatic carbocycles. The Morgan fingerprint density at radius 1 is 1.31 bits per heavy atom. The fourth-order valence-electron chi connectivity index (χ4n) is 1.95. The third-order valence-electron chi connectivity index (χ3n) is 3.15. The molecule has 1 atom stereocenters. The van der Waals surface area contributed by atoms with Gasteiger partial charge < -0.3 is 10.1 Å². The van der Waals surface area contributed by atoms with Crippen LogP contribution in [0.15, 0.2) is 30.7 Å². The average Bonchev–Trinajstić information content (AvgIpc) is 2.75. The molecule has 0 amide bonds. The number of nitrogens with zero attached hydrogens (tertiary/aromatic N) is 1. The molecular weight excluding hydrogens is 200 g/mol. The van der Waals surface area contributed by atoms with E-state index in [-0.39, 0.29) is 0 Å². The molecule has 0 bridgehead atoms. The van der Waals surface area contributed by atoms with Crippen molar-refractivity contribution in [3.05, 3.63) is 53.1 Å². The monoisotopic (exact) mass is 216 g/mol. The molecular formula is C13H16N2O. The first-order chi connectivity index (χ1) is 7.53. The Labute approximate surface area is 95.2 Å². The molecule has 0 aliphatic heterocycles. The summed E-state index contributed by atoms with van der Waals surface area (Å²) in [7, 11) is 0. The van der Waals surface area contributed by atoms with Gasteiger partial charge in [0.05, 0.1) is 18.2 Å². The van der Waals surface area contributed by atoms with Crippen LogP contribution in [0.5, 0.6) is 0 Å². The van der Waals surface area contributed by atoms with Crippen LogP contribution in [0.25, 0.3) is 0 Å². The number of imidazole rings is 1. The van der Waals surface area contributed by atoms with E-state index >= 15 is 0 Å². The molecule has 0 spiro atoms. The second-order valence-electron chi connectivity index (χ2n) is 4.28. The summed E-state index contributed by atoms with van der Waals surface area (Å²) in [6.07, 6.45) is 3.23. The molecule has 0 saturated heterocycles. The van der Waals surface area contributed by atoms with Crippen LogP contribution in [0, 0.1) is 13.8 Å². The van der Waals surface area contributed by atoms with Gasteiger partial charge in [-0.25, -0.2) is 4.98 Å². The van der Waals surface area contributed by atoms with E-state index in [1.54, 1.807) is 19.4 Å². The minimum absolute atomic E-state index is 0.709. The smallest absolute Gasteiger partial charge is 0.128 e. The Morgan fingerprint density at radius 2 is 2.06 bits per heavy atom. The Kier molecular flexibility index (Phi) is 2.56. The number of hydrogen-bond donors (Lipinski definition) is 2. The van der Waals surface area contributed by atoms with Gasteiger partial charge in [0, 0.05) is 0 Å². The van der Waals surface area contributed by atoms with E-state index in [2.05, 4.69) is 9.97 Å². The largest absolute Gasteiger partial charge is 0.379 e. The van der Waals surface area contributed by atoms with Crippen molar-refractivity contribution in [2.24, 2.45) is 0 Å². The highest BCUT2D eigenvalue weighted by Gasteiger charge is 2.28. The lowest BCUT2D eigenvalue weighted by Gasteiger charge is -2.25. The number of aromatic amines is 1. The van der Waals surface area contributed by atoms with Crippen LogP contribution in [0.3, 0.4) is 0 Å². The summed E-state index contributed by atoms with van der Waals surface area (Å²) in [5, 5.41) is 10.6. The van der Waals surface area contributed by atoms with Crippen LogP contribution in [-0.4, -0.2) is 15.1 Å². The molecule has 0 radical (unpaired) electrons. The summed E-state index contributed by atoms with van der Waals surface area (Å²) < 4.78 is 0. The Morgan fingerprint density at radius 3 is 2.69 bits per heavy atom. The molecule has 2 rings (SSSR count). The van der Waals surface area contributed by atoms with Crippen LogP contribution in [-0.2, 0) is 5.60 Å². The van der Waals surface area contributed by atoms with Gasteiger partial charge in [-0.1, -0.05) is 18.2 Å².